The summed E-state index contributed by atoms with van der Waals surface area (Å²) in [6.07, 6.45) is 58.7. The van der Waals surface area contributed by atoms with E-state index in [1.807, 2.05) is 0 Å². The van der Waals surface area contributed by atoms with E-state index in [4.69, 9.17) is 4.74 Å². The second kappa shape index (κ2) is 50.0. The third-order valence-corrected chi connectivity index (χ3v) is 12.2. The summed E-state index contributed by atoms with van der Waals surface area (Å²) in [4.78, 5) is 24.5. The third kappa shape index (κ3) is 45.9. The SMILES string of the molecule is CCCCCCCC/C=C\CCCCCCCC(=O)OCCCC/C=C\CCCCCCC(=O)NC(CO)C(O)CCCCCCCCCCCCCCCCCCCC. The molecule has 0 aromatic rings. The van der Waals surface area contributed by atoms with Crippen LogP contribution in [0.3, 0.4) is 0 Å². The highest BCUT2D eigenvalue weighted by Crippen LogP contribution is 2.16. The van der Waals surface area contributed by atoms with Crippen molar-refractivity contribution >= 4 is 11.9 Å². The smallest absolute Gasteiger partial charge is 0.305 e. The Hall–Kier alpha value is -1.66. The Morgan fingerprint density at radius 3 is 1.18 bits per heavy atom. The van der Waals surface area contributed by atoms with Crippen molar-refractivity contribution in [2.24, 2.45) is 0 Å². The Morgan fingerprint density at radius 1 is 0.450 bits per heavy atom. The molecule has 0 aliphatic heterocycles. The summed E-state index contributed by atoms with van der Waals surface area (Å²) < 4.78 is 5.43. The molecule has 3 N–H and O–H groups in total. The van der Waals surface area contributed by atoms with Gasteiger partial charge >= 0.3 is 5.97 Å². The number of unbranched alkanes of at least 4 members (excludes halogenated alkanes) is 34. The van der Waals surface area contributed by atoms with Crippen molar-refractivity contribution in [3.63, 3.8) is 0 Å². The normalized spacial score (nSPS) is 12.8. The number of carbonyl (C=O) groups excluding carboxylic acids is 2. The predicted octanol–water partition coefficient (Wildman–Crippen LogP) is 15.9. The number of carbonyl (C=O) groups is 2. The lowest BCUT2D eigenvalue weighted by Gasteiger charge is -2.22. The van der Waals surface area contributed by atoms with Gasteiger partial charge in [0.2, 0.25) is 5.91 Å². The van der Waals surface area contributed by atoms with Crippen LogP contribution in [0.2, 0.25) is 0 Å². The van der Waals surface area contributed by atoms with E-state index in [0.29, 0.717) is 25.9 Å². The lowest BCUT2D eigenvalue weighted by molar-refractivity contribution is -0.143. The highest BCUT2D eigenvalue weighted by Gasteiger charge is 2.20. The van der Waals surface area contributed by atoms with Crippen LogP contribution in [0.5, 0.6) is 0 Å². The number of ether oxygens (including phenoxy) is 1. The zero-order chi connectivity index (χ0) is 43.7. The van der Waals surface area contributed by atoms with E-state index in [1.165, 1.54) is 173 Å². The van der Waals surface area contributed by atoms with Gasteiger partial charge in [-0.1, -0.05) is 218 Å². The average Bonchev–Trinajstić information content (AvgIpc) is 3.25. The fourth-order valence-electron chi connectivity index (χ4n) is 8.10. The van der Waals surface area contributed by atoms with E-state index >= 15 is 0 Å². The minimum atomic E-state index is -0.686. The van der Waals surface area contributed by atoms with E-state index in [0.717, 1.165) is 77.0 Å². The molecule has 0 radical (unpaired) electrons. The lowest BCUT2D eigenvalue weighted by atomic mass is 10.0. The van der Waals surface area contributed by atoms with Crippen molar-refractivity contribution in [1.29, 1.82) is 0 Å². The first kappa shape index (κ1) is 58.3. The van der Waals surface area contributed by atoms with Crippen molar-refractivity contribution in [3.8, 4) is 0 Å². The molecule has 6 nitrogen and oxygen atoms in total. The van der Waals surface area contributed by atoms with Crippen LogP contribution in [0.4, 0.5) is 0 Å². The van der Waals surface area contributed by atoms with Gasteiger partial charge in [0.1, 0.15) is 0 Å². The molecule has 60 heavy (non-hydrogen) atoms. The van der Waals surface area contributed by atoms with E-state index in [2.05, 4.69) is 43.5 Å². The summed E-state index contributed by atoms with van der Waals surface area (Å²) >= 11 is 0. The molecule has 0 aliphatic carbocycles. The van der Waals surface area contributed by atoms with Gasteiger partial charge in [-0.15, -0.1) is 0 Å². The van der Waals surface area contributed by atoms with Crippen molar-refractivity contribution < 1.29 is 24.5 Å². The van der Waals surface area contributed by atoms with E-state index in [-0.39, 0.29) is 18.5 Å². The molecule has 0 fully saturated rings. The number of esters is 1. The Kier molecular flexibility index (Phi) is 48.6. The molecule has 6 heteroatoms. The first-order chi connectivity index (χ1) is 29.5. The number of allylic oxidation sites excluding steroid dienone is 4. The predicted molar refractivity (Wildman–Crippen MR) is 260 cm³/mol. The lowest BCUT2D eigenvalue weighted by Crippen LogP contribution is -2.45. The number of hydrogen-bond acceptors (Lipinski definition) is 5. The number of nitrogens with one attached hydrogen (secondary N) is 1. The number of amides is 1. The van der Waals surface area contributed by atoms with Crippen LogP contribution in [0.1, 0.15) is 284 Å². The summed E-state index contributed by atoms with van der Waals surface area (Å²) in [6, 6.07) is -0.567. The molecule has 0 saturated carbocycles. The van der Waals surface area contributed by atoms with Crippen LogP contribution >= 0.6 is 0 Å². The van der Waals surface area contributed by atoms with Crippen LogP contribution in [-0.4, -0.2) is 47.4 Å². The number of rotatable bonds is 49. The first-order valence-corrected chi connectivity index (χ1v) is 26.6. The molecule has 0 aromatic heterocycles. The highest BCUT2D eigenvalue weighted by atomic mass is 16.5. The van der Waals surface area contributed by atoms with Gasteiger partial charge in [-0.05, 0) is 77.0 Å². The number of aliphatic hydroxyl groups excluding tert-OH is 2. The zero-order valence-corrected chi connectivity index (χ0v) is 40.2. The Bertz CT molecular complexity index is 935. The van der Waals surface area contributed by atoms with Crippen molar-refractivity contribution in [1.82, 2.24) is 5.32 Å². The summed E-state index contributed by atoms with van der Waals surface area (Å²) in [5.74, 6) is -0.114. The molecule has 0 heterocycles. The molecular formula is C54H103NO5. The van der Waals surface area contributed by atoms with Crippen LogP contribution in [-0.2, 0) is 14.3 Å². The minimum Gasteiger partial charge on any atom is -0.466 e. The van der Waals surface area contributed by atoms with Gasteiger partial charge < -0.3 is 20.3 Å². The molecule has 0 rings (SSSR count). The van der Waals surface area contributed by atoms with Gasteiger partial charge in [0.25, 0.3) is 0 Å². The van der Waals surface area contributed by atoms with Gasteiger partial charge in [0.15, 0.2) is 0 Å². The van der Waals surface area contributed by atoms with Crippen molar-refractivity contribution in [2.45, 2.75) is 296 Å². The van der Waals surface area contributed by atoms with Gasteiger partial charge in [0, 0.05) is 12.8 Å². The van der Waals surface area contributed by atoms with Crippen LogP contribution < -0.4 is 5.32 Å². The standard InChI is InChI=1S/C54H103NO5/c1-3-5-7-9-11-13-15-17-19-20-21-23-24-26-30-34-38-42-46-52(57)51(50-56)55-53(58)47-43-39-35-31-28-29-33-37-41-45-49-60-54(59)48-44-40-36-32-27-25-22-18-16-14-12-10-8-6-4-2/h18,22,29,33,51-52,56-57H,3-17,19-21,23-28,30-32,34-50H2,1-2H3,(H,55,58)/b22-18-,33-29-. The van der Waals surface area contributed by atoms with Crippen LogP contribution in [0, 0.1) is 0 Å². The van der Waals surface area contributed by atoms with E-state index < -0.39 is 12.1 Å². The molecule has 0 saturated heterocycles. The molecule has 1 amide bonds. The zero-order valence-electron chi connectivity index (χ0n) is 40.2. The fourth-order valence-corrected chi connectivity index (χ4v) is 8.10. The fraction of sp³-hybridized carbons (Fsp3) is 0.889. The second-order valence-electron chi connectivity index (χ2n) is 18.2. The van der Waals surface area contributed by atoms with E-state index in [1.54, 1.807) is 0 Å². The molecule has 0 spiro atoms. The van der Waals surface area contributed by atoms with E-state index in [9.17, 15) is 19.8 Å². The van der Waals surface area contributed by atoms with Crippen LogP contribution in [0.25, 0.3) is 0 Å². The average molecular weight is 846 g/mol. The molecule has 0 aromatic carbocycles. The molecule has 0 aliphatic rings. The minimum absolute atomic E-state index is 0.0440. The second-order valence-corrected chi connectivity index (χ2v) is 18.2. The van der Waals surface area contributed by atoms with Gasteiger partial charge in [-0.3, -0.25) is 9.59 Å². The number of aliphatic hydroxyl groups is 2. The molecule has 2 unspecified atom stereocenters. The Labute approximate surface area is 373 Å². The molecule has 354 valence electrons. The maximum absolute atomic E-state index is 12.5. The molecule has 2 atom stereocenters. The summed E-state index contributed by atoms with van der Waals surface area (Å²) in [5, 5.41) is 23.2. The first-order valence-electron chi connectivity index (χ1n) is 26.6. The van der Waals surface area contributed by atoms with Crippen molar-refractivity contribution in [2.75, 3.05) is 13.2 Å². The largest absolute Gasteiger partial charge is 0.466 e. The highest BCUT2D eigenvalue weighted by molar-refractivity contribution is 5.76. The van der Waals surface area contributed by atoms with Gasteiger partial charge in [0.05, 0.1) is 25.4 Å². The molecule has 0 bridgehead atoms. The summed E-state index contributed by atoms with van der Waals surface area (Å²) in [6.45, 7) is 4.86. The monoisotopic (exact) mass is 846 g/mol. The van der Waals surface area contributed by atoms with Gasteiger partial charge in [-0.2, -0.15) is 0 Å². The number of hydrogen-bond donors (Lipinski definition) is 3. The maximum atomic E-state index is 12.5. The summed E-state index contributed by atoms with van der Waals surface area (Å²) in [5.41, 5.74) is 0. The maximum Gasteiger partial charge on any atom is 0.305 e. The summed E-state index contributed by atoms with van der Waals surface area (Å²) in [7, 11) is 0. The topological polar surface area (TPSA) is 95.9 Å². The van der Waals surface area contributed by atoms with Gasteiger partial charge in [-0.25, -0.2) is 0 Å². The Morgan fingerprint density at radius 2 is 0.783 bits per heavy atom. The Balaban J connectivity index is 3.53. The molecular weight excluding hydrogens is 743 g/mol. The van der Waals surface area contributed by atoms with Crippen LogP contribution in [0.15, 0.2) is 24.3 Å². The van der Waals surface area contributed by atoms with Crippen molar-refractivity contribution in [3.05, 3.63) is 24.3 Å². The third-order valence-electron chi connectivity index (χ3n) is 12.2. The quantitative estimate of drug-likeness (QED) is 0.0322.